The van der Waals surface area contributed by atoms with E-state index in [-0.39, 0.29) is 24.5 Å². The predicted octanol–water partition coefficient (Wildman–Crippen LogP) is 4.89. The molecule has 9 nitrogen and oxygen atoms in total. The molecule has 1 heterocycles. The van der Waals surface area contributed by atoms with Gasteiger partial charge in [0, 0.05) is 16.5 Å². The number of anilines is 1. The van der Waals surface area contributed by atoms with Gasteiger partial charge in [0.25, 0.3) is 0 Å². The van der Waals surface area contributed by atoms with E-state index in [0.717, 1.165) is 35.8 Å². The number of methoxy groups -OCH3 is 1. The quantitative estimate of drug-likeness (QED) is 0.111. The molecule has 0 amide bonds. The minimum Gasteiger partial charge on any atom is -0.504 e. The summed E-state index contributed by atoms with van der Waals surface area (Å²) in [6, 6.07) is 7.94. The first-order valence-corrected chi connectivity index (χ1v) is 12.7. The number of ether oxygens (including phenoxy) is 3. The molecule has 0 fully saturated rings. The van der Waals surface area contributed by atoms with Crippen LogP contribution >= 0.6 is 11.3 Å². The highest BCUT2D eigenvalue weighted by Crippen LogP contribution is 2.39. The van der Waals surface area contributed by atoms with Crippen molar-refractivity contribution >= 4 is 34.1 Å². The number of ketones is 1. The predicted molar refractivity (Wildman–Crippen MR) is 138 cm³/mol. The molecule has 2 aromatic rings. The zero-order valence-corrected chi connectivity index (χ0v) is 21.7. The van der Waals surface area contributed by atoms with Gasteiger partial charge < -0.3 is 24.6 Å². The number of aryl methyl sites for hydroxylation is 1. The number of hydrogen-bond donors (Lipinski definition) is 2. The summed E-state index contributed by atoms with van der Waals surface area (Å²) in [4.78, 5) is 39.3. The summed E-state index contributed by atoms with van der Waals surface area (Å²) < 4.78 is 15.3. The molecule has 1 aromatic heterocycles. The molecule has 0 spiro atoms. The van der Waals surface area contributed by atoms with Crippen molar-refractivity contribution in [1.29, 1.82) is 5.26 Å². The lowest BCUT2D eigenvalue weighted by Crippen LogP contribution is -2.15. The smallest absolute Gasteiger partial charge is 0.352 e. The van der Waals surface area contributed by atoms with Gasteiger partial charge in [0.1, 0.15) is 16.8 Å². The fourth-order valence-electron chi connectivity index (χ4n) is 3.86. The zero-order valence-electron chi connectivity index (χ0n) is 20.9. The number of nitriles is 1. The van der Waals surface area contributed by atoms with Crippen molar-refractivity contribution in [2.45, 2.75) is 39.5 Å². The van der Waals surface area contributed by atoms with E-state index in [1.807, 2.05) is 0 Å². The third-order valence-corrected chi connectivity index (χ3v) is 6.84. The molecular formula is C27H28N2O7S. The molecular weight excluding hydrogens is 496 g/mol. The summed E-state index contributed by atoms with van der Waals surface area (Å²) >= 11 is 1.31. The number of benzene rings is 1. The number of thiophene rings is 1. The normalized spacial score (nSPS) is 13.5. The van der Waals surface area contributed by atoms with E-state index in [1.54, 1.807) is 44.2 Å². The van der Waals surface area contributed by atoms with Crippen LogP contribution < -0.4 is 10.1 Å². The third-order valence-electron chi connectivity index (χ3n) is 5.63. The molecule has 0 bridgehead atoms. The van der Waals surface area contributed by atoms with Crippen LogP contribution in [0.3, 0.4) is 0 Å². The highest BCUT2D eigenvalue weighted by molar-refractivity contribution is 7.16. The molecule has 0 saturated carbocycles. The number of rotatable bonds is 10. The number of nitrogens with zero attached hydrogens (tertiary/aromatic N) is 1. The molecule has 194 valence electrons. The molecule has 0 atom stereocenters. The van der Waals surface area contributed by atoms with Crippen molar-refractivity contribution in [2.75, 3.05) is 25.6 Å². The Morgan fingerprint density at radius 1 is 1.11 bits per heavy atom. The summed E-state index contributed by atoms with van der Waals surface area (Å²) in [7, 11) is 1.50. The van der Waals surface area contributed by atoms with Crippen molar-refractivity contribution in [1.82, 2.24) is 0 Å². The van der Waals surface area contributed by atoms with Crippen LogP contribution in [0.1, 0.15) is 57.8 Å². The van der Waals surface area contributed by atoms with Gasteiger partial charge >= 0.3 is 11.9 Å². The van der Waals surface area contributed by atoms with E-state index in [2.05, 4.69) is 5.32 Å². The maximum absolute atomic E-state index is 13.1. The second-order valence-electron chi connectivity index (χ2n) is 7.97. The van der Waals surface area contributed by atoms with E-state index in [9.17, 15) is 24.8 Å². The Morgan fingerprint density at radius 3 is 2.41 bits per heavy atom. The molecule has 0 radical (unpaired) electrons. The molecule has 1 aromatic carbocycles. The molecule has 2 N–H and O–H groups in total. The van der Waals surface area contributed by atoms with Crippen molar-refractivity contribution in [3.63, 3.8) is 0 Å². The monoisotopic (exact) mass is 524 g/mol. The highest BCUT2D eigenvalue weighted by Gasteiger charge is 2.28. The van der Waals surface area contributed by atoms with E-state index >= 15 is 0 Å². The number of aliphatic hydroxyl groups excluding tert-OH is 1. The van der Waals surface area contributed by atoms with Crippen LogP contribution in [0.15, 0.2) is 47.4 Å². The van der Waals surface area contributed by atoms with Gasteiger partial charge in [-0.1, -0.05) is 0 Å². The van der Waals surface area contributed by atoms with Crippen LogP contribution in [0.2, 0.25) is 0 Å². The first kappa shape index (κ1) is 27.5. The Labute approximate surface area is 219 Å². The summed E-state index contributed by atoms with van der Waals surface area (Å²) in [6.45, 7) is 3.43. The highest BCUT2D eigenvalue weighted by atomic mass is 32.1. The number of carbonyl (C=O) groups excluding carboxylic acids is 3. The lowest BCUT2D eigenvalue weighted by Gasteiger charge is -2.14. The van der Waals surface area contributed by atoms with E-state index in [4.69, 9.17) is 14.2 Å². The van der Waals surface area contributed by atoms with Gasteiger partial charge in [-0.05, 0) is 69.4 Å². The molecule has 0 saturated heterocycles. The largest absolute Gasteiger partial charge is 0.504 e. The number of nitrogens with one attached hydrogen (secondary N) is 1. The van der Waals surface area contributed by atoms with Crippen molar-refractivity contribution in [2.24, 2.45) is 0 Å². The second kappa shape index (κ2) is 12.7. The van der Waals surface area contributed by atoms with Crippen LogP contribution in [0, 0.1) is 11.3 Å². The molecule has 37 heavy (non-hydrogen) atoms. The van der Waals surface area contributed by atoms with Crippen LogP contribution in [0.4, 0.5) is 5.00 Å². The Morgan fingerprint density at radius 2 is 1.78 bits per heavy atom. The number of aliphatic hydroxyl groups is 1. The summed E-state index contributed by atoms with van der Waals surface area (Å²) in [5, 5.41) is 23.9. The number of esters is 2. The molecule has 1 aliphatic carbocycles. The van der Waals surface area contributed by atoms with E-state index in [0.29, 0.717) is 22.7 Å². The number of carbonyl (C=O) groups is 3. The summed E-state index contributed by atoms with van der Waals surface area (Å²) in [5.41, 5.74) is 0.564. The Balaban J connectivity index is 2.13. The zero-order chi connectivity index (χ0) is 26.9. The second-order valence-corrected chi connectivity index (χ2v) is 9.07. The van der Waals surface area contributed by atoms with Crippen molar-refractivity contribution < 1.29 is 33.7 Å². The topological polar surface area (TPSA) is 135 Å². The molecule has 10 heteroatoms. The van der Waals surface area contributed by atoms with Crippen molar-refractivity contribution in [3.8, 4) is 11.8 Å². The lowest BCUT2D eigenvalue weighted by atomic mass is 9.95. The number of hydrogen-bond acceptors (Lipinski definition) is 10. The van der Waals surface area contributed by atoms with Crippen LogP contribution in [-0.2, 0) is 27.1 Å². The maximum atomic E-state index is 13.1. The van der Waals surface area contributed by atoms with E-state index < -0.39 is 29.1 Å². The molecule has 0 unspecified atom stereocenters. The third kappa shape index (κ3) is 6.37. The maximum Gasteiger partial charge on any atom is 0.352 e. The standard InChI is InChI=1S/C27H28N2O7S/c1-4-35-26(32)19(15-28)24(31)20(14-21(30)16-10-12-17(34-3)13-11-16)29-25-23(27(33)36-5-2)18-8-6-7-9-22(18)37-25/h10-14,29,31H,4-9H2,1-3H3/b20-14-,24-19-. The van der Waals surface area contributed by atoms with Gasteiger partial charge in [-0.25, -0.2) is 9.59 Å². The first-order valence-electron chi connectivity index (χ1n) is 11.8. The number of fused-ring (bicyclic) bond motifs is 1. The average molecular weight is 525 g/mol. The Kier molecular flexibility index (Phi) is 9.46. The average Bonchev–Trinajstić information content (AvgIpc) is 3.27. The van der Waals surface area contributed by atoms with Gasteiger partial charge in [-0.15, -0.1) is 11.3 Å². The van der Waals surface area contributed by atoms with Crippen LogP contribution in [0.25, 0.3) is 0 Å². The van der Waals surface area contributed by atoms with Gasteiger partial charge in [0.15, 0.2) is 17.1 Å². The van der Waals surface area contributed by atoms with E-state index in [1.165, 1.54) is 18.4 Å². The molecule has 0 aliphatic heterocycles. The minimum absolute atomic E-state index is 0.0147. The molecule has 3 rings (SSSR count). The van der Waals surface area contributed by atoms with Crippen LogP contribution in [0.5, 0.6) is 5.75 Å². The van der Waals surface area contributed by atoms with Gasteiger partial charge in [-0.2, -0.15) is 5.26 Å². The molecule has 1 aliphatic rings. The summed E-state index contributed by atoms with van der Waals surface area (Å²) in [5.74, 6) is -2.30. The van der Waals surface area contributed by atoms with Gasteiger partial charge in [-0.3, -0.25) is 4.79 Å². The Hall–Kier alpha value is -4.10. The van der Waals surface area contributed by atoms with Crippen LogP contribution in [-0.4, -0.2) is 43.2 Å². The van der Waals surface area contributed by atoms with Gasteiger partial charge in [0.2, 0.25) is 0 Å². The first-order chi connectivity index (χ1) is 17.8. The number of allylic oxidation sites excluding steroid dienone is 1. The summed E-state index contributed by atoms with van der Waals surface area (Å²) in [6.07, 6.45) is 4.44. The fraction of sp³-hybridized carbons (Fsp3) is 0.333. The lowest BCUT2D eigenvalue weighted by molar-refractivity contribution is -0.138. The fourth-order valence-corrected chi connectivity index (χ4v) is 5.15. The SMILES string of the molecule is CCOC(=O)/C(C#N)=C(O)/C(=C/C(=O)c1ccc(OC)cc1)Nc1sc2c(c1C(=O)OCC)CCCC2. The van der Waals surface area contributed by atoms with Gasteiger partial charge in [0.05, 0.1) is 31.6 Å². The Bertz CT molecular complexity index is 1280. The van der Waals surface area contributed by atoms with Crippen molar-refractivity contribution in [3.05, 3.63) is 68.9 Å². The minimum atomic E-state index is -1.04.